The molecule has 0 saturated carbocycles. The molecule has 0 atom stereocenters. The number of aryl methyl sites for hydroxylation is 1. The molecule has 3 aromatic rings. The van der Waals surface area contributed by atoms with E-state index in [2.05, 4.69) is 5.10 Å². The van der Waals surface area contributed by atoms with Crippen LogP contribution in [0.1, 0.15) is 27.2 Å². The van der Waals surface area contributed by atoms with Crippen molar-refractivity contribution in [3.05, 3.63) is 87.3 Å². The van der Waals surface area contributed by atoms with Crippen LogP contribution in [0.4, 0.5) is 0 Å². The van der Waals surface area contributed by atoms with Crippen LogP contribution < -0.4 is 5.56 Å². The molecular formula is C20H19N3O2. The summed E-state index contributed by atoms with van der Waals surface area (Å²) in [7, 11) is 0. The average molecular weight is 333 g/mol. The van der Waals surface area contributed by atoms with Crippen molar-refractivity contribution in [3.8, 4) is 5.69 Å². The zero-order valence-corrected chi connectivity index (χ0v) is 14.0. The van der Waals surface area contributed by atoms with Crippen LogP contribution in [0.5, 0.6) is 0 Å². The molecule has 5 heteroatoms. The van der Waals surface area contributed by atoms with E-state index in [4.69, 9.17) is 0 Å². The molecule has 1 N–H and O–H groups in total. The number of nitrogens with zero attached hydrogens (tertiary/aromatic N) is 2. The number of amides is 1. The van der Waals surface area contributed by atoms with Crippen molar-refractivity contribution in [2.75, 3.05) is 6.54 Å². The second-order valence-electron chi connectivity index (χ2n) is 6.39. The van der Waals surface area contributed by atoms with E-state index in [-0.39, 0.29) is 11.5 Å². The van der Waals surface area contributed by atoms with E-state index in [9.17, 15) is 9.59 Å². The lowest BCUT2D eigenvalue weighted by Crippen LogP contribution is -2.37. The predicted octanol–water partition coefficient (Wildman–Crippen LogP) is 2.67. The summed E-state index contributed by atoms with van der Waals surface area (Å²) >= 11 is 0. The van der Waals surface area contributed by atoms with Crippen molar-refractivity contribution in [2.24, 2.45) is 0 Å². The summed E-state index contributed by atoms with van der Waals surface area (Å²) in [5.74, 6) is -0.0267. The monoisotopic (exact) mass is 333 g/mol. The van der Waals surface area contributed by atoms with Crippen LogP contribution in [-0.4, -0.2) is 27.1 Å². The standard InChI is InChI=1S/C20H19N3O2/c1-14-6-5-7-15(12-14)19(24)22-11-10-18-17(13-22)20(25)23(21-18)16-8-3-2-4-9-16/h2-9,12,21H,10-11,13H2,1H3. The van der Waals surface area contributed by atoms with Crippen LogP contribution >= 0.6 is 0 Å². The highest BCUT2D eigenvalue weighted by atomic mass is 16.2. The second kappa shape index (κ2) is 6.09. The van der Waals surface area contributed by atoms with E-state index >= 15 is 0 Å². The lowest BCUT2D eigenvalue weighted by atomic mass is 10.1. The smallest absolute Gasteiger partial charge is 0.276 e. The Balaban J connectivity index is 1.65. The number of hydrogen-bond acceptors (Lipinski definition) is 2. The number of carbonyl (C=O) groups is 1. The highest BCUT2D eigenvalue weighted by Crippen LogP contribution is 2.18. The number of H-pyrrole nitrogens is 1. The maximum atomic E-state index is 12.8. The number of aromatic nitrogens is 2. The van der Waals surface area contributed by atoms with Gasteiger partial charge in [-0.25, -0.2) is 4.68 Å². The number of rotatable bonds is 2. The van der Waals surface area contributed by atoms with E-state index < -0.39 is 0 Å². The molecule has 1 amide bonds. The summed E-state index contributed by atoms with van der Waals surface area (Å²) in [6.07, 6.45) is 0.655. The van der Waals surface area contributed by atoms with Gasteiger partial charge < -0.3 is 4.90 Å². The molecule has 2 heterocycles. The maximum Gasteiger partial charge on any atom is 0.276 e. The Morgan fingerprint density at radius 2 is 1.88 bits per heavy atom. The molecule has 25 heavy (non-hydrogen) atoms. The quantitative estimate of drug-likeness (QED) is 0.784. The van der Waals surface area contributed by atoms with E-state index in [0.717, 1.165) is 16.9 Å². The minimum Gasteiger partial charge on any atom is -0.334 e. The van der Waals surface area contributed by atoms with Gasteiger partial charge in [0.05, 0.1) is 17.8 Å². The first-order valence-corrected chi connectivity index (χ1v) is 8.37. The number of fused-ring (bicyclic) bond motifs is 1. The summed E-state index contributed by atoms with van der Waals surface area (Å²) in [4.78, 5) is 27.3. The Morgan fingerprint density at radius 3 is 2.64 bits per heavy atom. The molecule has 1 aromatic heterocycles. The maximum absolute atomic E-state index is 12.8. The molecule has 0 radical (unpaired) electrons. The summed E-state index contributed by atoms with van der Waals surface area (Å²) in [6, 6.07) is 17.1. The molecule has 0 spiro atoms. The fourth-order valence-corrected chi connectivity index (χ4v) is 3.30. The number of para-hydroxylation sites is 1. The Kier molecular flexibility index (Phi) is 3.76. The van der Waals surface area contributed by atoms with Crippen molar-refractivity contribution in [1.29, 1.82) is 0 Å². The number of benzene rings is 2. The van der Waals surface area contributed by atoms with Crippen molar-refractivity contribution >= 4 is 5.91 Å². The van der Waals surface area contributed by atoms with Crippen LogP contribution in [0.25, 0.3) is 5.69 Å². The molecule has 0 aliphatic carbocycles. The molecule has 126 valence electrons. The number of hydrogen-bond donors (Lipinski definition) is 1. The van der Waals surface area contributed by atoms with E-state index in [1.807, 2.05) is 61.5 Å². The Hall–Kier alpha value is -3.08. The van der Waals surface area contributed by atoms with Gasteiger partial charge in [-0.2, -0.15) is 0 Å². The summed E-state index contributed by atoms with van der Waals surface area (Å²) in [5, 5.41) is 3.19. The van der Waals surface area contributed by atoms with Gasteiger partial charge in [0.1, 0.15) is 0 Å². The summed E-state index contributed by atoms with van der Waals surface area (Å²) in [6.45, 7) is 2.92. The lowest BCUT2D eigenvalue weighted by Gasteiger charge is -2.26. The Morgan fingerprint density at radius 1 is 1.08 bits per heavy atom. The third-order valence-corrected chi connectivity index (χ3v) is 4.62. The third-order valence-electron chi connectivity index (χ3n) is 4.62. The predicted molar refractivity (Wildman–Crippen MR) is 96.0 cm³/mol. The molecule has 0 unspecified atom stereocenters. The minimum atomic E-state index is -0.0806. The number of nitrogens with one attached hydrogen (secondary N) is 1. The van der Waals surface area contributed by atoms with Crippen LogP contribution in [-0.2, 0) is 13.0 Å². The van der Waals surface area contributed by atoms with Crippen molar-refractivity contribution < 1.29 is 4.79 Å². The van der Waals surface area contributed by atoms with E-state index in [1.165, 1.54) is 0 Å². The molecule has 0 fully saturated rings. The van der Waals surface area contributed by atoms with Crippen molar-refractivity contribution in [1.82, 2.24) is 14.7 Å². The van der Waals surface area contributed by atoms with E-state index in [0.29, 0.717) is 30.6 Å². The van der Waals surface area contributed by atoms with E-state index in [1.54, 1.807) is 9.58 Å². The first kappa shape index (κ1) is 15.4. The molecule has 0 bridgehead atoms. The molecule has 1 aliphatic heterocycles. The van der Waals surface area contributed by atoms with Gasteiger partial charge in [0.2, 0.25) is 0 Å². The largest absolute Gasteiger partial charge is 0.334 e. The Bertz CT molecular complexity index is 986. The first-order chi connectivity index (χ1) is 12.1. The minimum absolute atomic E-state index is 0.0267. The first-order valence-electron chi connectivity index (χ1n) is 8.37. The lowest BCUT2D eigenvalue weighted by molar-refractivity contribution is 0.0733. The zero-order valence-electron chi connectivity index (χ0n) is 14.0. The normalized spacial score (nSPS) is 13.6. The van der Waals surface area contributed by atoms with Gasteiger partial charge in [0, 0.05) is 24.2 Å². The fourth-order valence-electron chi connectivity index (χ4n) is 3.30. The van der Waals surface area contributed by atoms with Crippen LogP contribution in [0, 0.1) is 6.92 Å². The fraction of sp³-hybridized carbons (Fsp3) is 0.200. The van der Waals surface area contributed by atoms with Crippen LogP contribution in [0.15, 0.2) is 59.4 Å². The highest BCUT2D eigenvalue weighted by molar-refractivity contribution is 5.94. The van der Waals surface area contributed by atoms with Gasteiger partial charge in [-0.05, 0) is 31.2 Å². The number of aromatic amines is 1. The second-order valence-corrected chi connectivity index (χ2v) is 6.39. The average Bonchev–Trinajstić information content (AvgIpc) is 2.98. The third kappa shape index (κ3) is 2.78. The van der Waals surface area contributed by atoms with Gasteiger partial charge in [-0.15, -0.1) is 0 Å². The number of carbonyl (C=O) groups excluding carboxylic acids is 1. The molecule has 5 nitrogen and oxygen atoms in total. The van der Waals surface area contributed by atoms with Gasteiger partial charge in [-0.1, -0.05) is 35.9 Å². The van der Waals surface area contributed by atoms with Gasteiger partial charge in [0.15, 0.2) is 0 Å². The highest BCUT2D eigenvalue weighted by Gasteiger charge is 2.26. The molecule has 0 saturated heterocycles. The van der Waals surface area contributed by atoms with Crippen LogP contribution in [0.3, 0.4) is 0 Å². The van der Waals surface area contributed by atoms with Gasteiger partial charge in [0.25, 0.3) is 11.5 Å². The molecule has 4 rings (SSSR count). The van der Waals surface area contributed by atoms with Crippen molar-refractivity contribution in [2.45, 2.75) is 19.9 Å². The molecular weight excluding hydrogens is 314 g/mol. The van der Waals surface area contributed by atoms with Crippen LogP contribution in [0.2, 0.25) is 0 Å². The van der Waals surface area contributed by atoms with Gasteiger partial charge in [-0.3, -0.25) is 14.7 Å². The van der Waals surface area contributed by atoms with Gasteiger partial charge >= 0.3 is 0 Å². The molecule has 1 aliphatic rings. The topological polar surface area (TPSA) is 58.1 Å². The molecule has 2 aromatic carbocycles. The summed E-state index contributed by atoms with van der Waals surface area (Å²) < 4.78 is 1.56. The Labute approximate surface area is 145 Å². The van der Waals surface area contributed by atoms with Crippen molar-refractivity contribution in [3.63, 3.8) is 0 Å². The SMILES string of the molecule is Cc1cccc(C(=O)N2CCc3[nH]n(-c4ccccc4)c(=O)c3C2)c1. The summed E-state index contributed by atoms with van der Waals surface area (Å²) in [5.41, 5.74) is 4.04. The zero-order chi connectivity index (χ0) is 17.4.